The normalized spacial score (nSPS) is 18.0. The number of primary amides is 1. The molecule has 0 saturated carbocycles. The van der Waals surface area contributed by atoms with Gasteiger partial charge in [0, 0.05) is 25.7 Å². The van der Waals surface area contributed by atoms with E-state index in [-0.39, 0.29) is 23.8 Å². The fraction of sp³-hybridized carbons (Fsp3) is 0.533. The summed E-state index contributed by atoms with van der Waals surface area (Å²) in [6.07, 6.45) is 4.31. The van der Waals surface area contributed by atoms with Gasteiger partial charge in [-0.1, -0.05) is 0 Å². The molecule has 2 heterocycles. The number of nitrogens with zero attached hydrogens (tertiary/aromatic N) is 2. The molecule has 1 saturated heterocycles. The van der Waals surface area contributed by atoms with E-state index in [9.17, 15) is 9.59 Å². The van der Waals surface area contributed by atoms with Gasteiger partial charge in [-0.15, -0.1) is 0 Å². The third-order valence-corrected chi connectivity index (χ3v) is 3.39. The Labute approximate surface area is 124 Å². The lowest BCUT2D eigenvalue weighted by Gasteiger charge is -2.17. The first kappa shape index (κ1) is 15.3. The molecule has 114 valence electrons. The van der Waals surface area contributed by atoms with Crippen LogP contribution in [0.2, 0.25) is 0 Å². The Balaban J connectivity index is 2.02. The number of pyridine rings is 1. The van der Waals surface area contributed by atoms with Gasteiger partial charge < -0.3 is 15.4 Å². The van der Waals surface area contributed by atoms with Crippen molar-refractivity contribution in [3.8, 4) is 5.75 Å². The summed E-state index contributed by atoms with van der Waals surface area (Å²) in [6, 6.07) is 1.71. The van der Waals surface area contributed by atoms with Crippen molar-refractivity contribution < 1.29 is 14.3 Å². The topological polar surface area (TPSA) is 85.5 Å². The van der Waals surface area contributed by atoms with Crippen LogP contribution in [-0.2, 0) is 4.79 Å². The Morgan fingerprint density at radius 2 is 2.24 bits per heavy atom. The quantitative estimate of drug-likeness (QED) is 0.883. The van der Waals surface area contributed by atoms with E-state index < -0.39 is 0 Å². The van der Waals surface area contributed by atoms with Gasteiger partial charge in [0.05, 0.1) is 17.9 Å². The third-order valence-electron chi connectivity index (χ3n) is 3.39. The molecule has 0 aliphatic carbocycles. The van der Waals surface area contributed by atoms with Crippen LogP contribution in [0.1, 0.15) is 37.0 Å². The minimum absolute atomic E-state index is 0.0314. The highest BCUT2D eigenvalue weighted by atomic mass is 16.5. The van der Waals surface area contributed by atoms with E-state index in [1.807, 2.05) is 13.8 Å². The summed E-state index contributed by atoms with van der Waals surface area (Å²) in [5.41, 5.74) is 5.71. The predicted octanol–water partition coefficient (Wildman–Crippen LogP) is 1.21. The number of aromatic nitrogens is 1. The zero-order valence-corrected chi connectivity index (χ0v) is 12.4. The molecule has 0 bridgehead atoms. The van der Waals surface area contributed by atoms with E-state index in [1.54, 1.807) is 17.2 Å². The molecule has 2 rings (SSSR count). The number of likely N-dealkylation sites (tertiary alicyclic amines) is 1. The minimum Gasteiger partial charge on any atom is -0.489 e. The molecule has 1 aromatic heterocycles. The molecule has 1 unspecified atom stereocenters. The lowest BCUT2D eigenvalue weighted by atomic mass is 10.1. The highest BCUT2D eigenvalue weighted by Crippen LogP contribution is 2.22. The second-order valence-corrected chi connectivity index (χ2v) is 5.65. The number of rotatable bonds is 5. The number of hydrogen-bond acceptors (Lipinski definition) is 4. The smallest absolute Gasteiger partial charge is 0.255 e. The van der Waals surface area contributed by atoms with Crippen molar-refractivity contribution >= 4 is 11.8 Å². The Bertz CT molecular complexity index is 531. The van der Waals surface area contributed by atoms with Crippen LogP contribution in [0.15, 0.2) is 18.5 Å². The monoisotopic (exact) mass is 291 g/mol. The molecule has 6 nitrogen and oxygen atoms in total. The molecular formula is C15H21N3O3. The molecule has 6 heteroatoms. The summed E-state index contributed by atoms with van der Waals surface area (Å²) < 4.78 is 5.55. The molecule has 0 spiro atoms. The first-order chi connectivity index (χ1) is 9.95. The first-order valence-electron chi connectivity index (χ1n) is 7.15. The number of carbonyl (C=O) groups is 2. The summed E-state index contributed by atoms with van der Waals surface area (Å²) in [6.45, 7) is 5.05. The molecule has 1 fully saturated rings. The van der Waals surface area contributed by atoms with Crippen LogP contribution in [0.3, 0.4) is 0 Å². The summed E-state index contributed by atoms with van der Waals surface area (Å²) >= 11 is 0. The SMILES string of the molecule is CC(C)Oc1cncc(C(=O)N2CCC(CC(N)=O)C2)c1. The van der Waals surface area contributed by atoms with Gasteiger partial charge in [-0.05, 0) is 32.3 Å². The average Bonchev–Trinajstić information content (AvgIpc) is 2.85. The van der Waals surface area contributed by atoms with E-state index in [1.165, 1.54) is 6.20 Å². The average molecular weight is 291 g/mol. The van der Waals surface area contributed by atoms with E-state index in [0.29, 0.717) is 30.8 Å². The summed E-state index contributed by atoms with van der Waals surface area (Å²) in [7, 11) is 0. The molecule has 2 N–H and O–H groups in total. The molecule has 21 heavy (non-hydrogen) atoms. The van der Waals surface area contributed by atoms with E-state index >= 15 is 0 Å². The van der Waals surface area contributed by atoms with Crippen molar-refractivity contribution in [1.82, 2.24) is 9.88 Å². The Hall–Kier alpha value is -2.11. The molecule has 2 amide bonds. The number of amides is 2. The lowest BCUT2D eigenvalue weighted by Crippen LogP contribution is -2.29. The van der Waals surface area contributed by atoms with E-state index in [0.717, 1.165) is 6.42 Å². The fourth-order valence-electron chi connectivity index (χ4n) is 2.52. The second kappa shape index (κ2) is 6.56. The molecule has 1 atom stereocenters. The molecule has 1 aromatic rings. The first-order valence-corrected chi connectivity index (χ1v) is 7.15. The minimum atomic E-state index is -0.316. The van der Waals surface area contributed by atoms with Crippen LogP contribution in [0.4, 0.5) is 0 Å². The van der Waals surface area contributed by atoms with Gasteiger partial charge in [0.1, 0.15) is 5.75 Å². The molecule has 1 aliphatic heterocycles. The summed E-state index contributed by atoms with van der Waals surface area (Å²) in [5.74, 6) is 0.352. The van der Waals surface area contributed by atoms with E-state index in [4.69, 9.17) is 10.5 Å². The maximum atomic E-state index is 12.4. The highest BCUT2D eigenvalue weighted by Gasteiger charge is 2.28. The maximum absolute atomic E-state index is 12.4. The molecule has 0 aromatic carbocycles. The predicted molar refractivity (Wildman–Crippen MR) is 77.8 cm³/mol. The van der Waals surface area contributed by atoms with Crippen molar-refractivity contribution in [2.45, 2.75) is 32.8 Å². The van der Waals surface area contributed by atoms with Crippen LogP contribution in [0.25, 0.3) is 0 Å². The van der Waals surface area contributed by atoms with Gasteiger partial charge in [0.15, 0.2) is 0 Å². The van der Waals surface area contributed by atoms with Crippen molar-refractivity contribution in [3.05, 3.63) is 24.0 Å². The van der Waals surface area contributed by atoms with Crippen molar-refractivity contribution in [2.24, 2.45) is 11.7 Å². The van der Waals surface area contributed by atoms with Crippen LogP contribution in [-0.4, -0.2) is 40.9 Å². The largest absolute Gasteiger partial charge is 0.489 e. The van der Waals surface area contributed by atoms with E-state index in [2.05, 4.69) is 4.98 Å². The second-order valence-electron chi connectivity index (χ2n) is 5.65. The number of nitrogens with two attached hydrogens (primary N) is 1. The number of ether oxygens (including phenoxy) is 1. The van der Waals surface area contributed by atoms with Crippen molar-refractivity contribution in [1.29, 1.82) is 0 Å². The zero-order chi connectivity index (χ0) is 15.4. The number of carbonyl (C=O) groups excluding carboxylic acids is 2. The van der Waals surface area contributed by atoms with Gasteiger partial charge in [0.25, 0.3) is 5.91 Å². The van der Waals surface area contributed by atoms with Gasteiger partial charge in [-0.3, -0.25) is 14.6 Å². The summed E-state index contributed by atoms with van der Waals surface area (Å²) in [5, 5.41) is 0. The van der Waals surface area contributed by atoms with Gasteiger partial charge in [-0.2, -0.15) is 0 Å². The van der Waals surface area contributed by atoms with Crippen LogP contribution in [0, 0.1) is 5.92 Å². The molecule has 0 radical (unpaired) electrons. The Morgan fingerprint density at radius 1 is 1.48 bits per heavy atom. The standard InChI is InChI=1S/C15H21N3O3/c1-10(2)21-13-6-12(7-17-8-13)15(20)18-4-3-11(9-18)5-14(16)19/h6-8,10-11H,3-5,9H2,1-2H3,(H2,16,19). The van der Waals surface area contributed by atoms with Crippen LogP contribution < -0.4 is 10.5 Å². The Morgan fingerprint density at radius 3 is 2.90 bits per heavy atom. The van der Waals surface area contributed by atoms with Crippen molar-refractivity contribution in [2.75, 3.05) is 13.1 Å². The summed E-state index contributed by atoms with van der Waals surface area (Å²) in [4.78, 5) is 29.2. The Kier molecular flexibility index (Phi) is 4.77. The van der Waals surface area contributed by atoms with Gasteiger partial charge in [-0.25, -0.2) is 0 Å². The van der Waals surface area contributed by atoms with Crippen LogP contribution in [0.5, 0.6) is 5.75 Å². The zero-order valence-electron chi connectivity index (χ0n) is 12.4. The van der Waals surface area contributed by atoms with Gasteiger partial charge >= 0.3 is 0 Å². The molecular weight excluding hydrogens is 270 g/mol. The maximum Gasteiger partial charge on any atom is 0.255 e. The lowest BCUT2D eigenvalue weighted by molar-refractivity contribution is -0.118. The number of hydrogen-bond donors (Lipinski definition) is 1. The van der Waals surface area contributed by atoms with Crippen molar-refractivity contribution in [3.63, 3.8) is 0 Å². The molecule has 1 aliphatic rings. The fourth-order valence-corrected chi connectivity index (χ4v) is 2.52. The van der Waals surface area contributed by atoms with Gasteiger partial charge in [0.2, 0.25) is 5.91 Å². The van der Waals surface area contributed by atoms with Crippen LogP contribution >= 0.6 is 0 Å². The third kappa shape index (κ3) is 4.18. The highest BCUT2D eigenvalue weighted by molar-refractivity contribution is 5.94.